The SMILES string of the molecule is CN(C(=O)c1cn(C)c2ccccc12)c1ccccc1. The van der Waals surface area contributed by atoms with Crippen LogP contribution in [0.25, 0.3) is 10.9 Å². The van der Waals surface area contributed by atoms with Gasteiger partial charge < -0.3 is 9.47 Å². The number of aryl methyl sites for hydroxylation is 1. The van der Waals surface area contributed by atoms with Gasteiger partial charge in [0.25, 0.3) is 5.91 Å². The molecule has 0 saturated carbocycles. The molecule has 3 aromatic rings. The van der Waals surface area contributed by atoms with Gasteiger partial charge in [-0.05, 0) is 18.2 Å². The van der Waals surface area contributed by atoms with Crippen molar-refractivity contribution in [1.82, 2.24) is 4.57 Å². The second-order valence-corrected chi connectivity index (χ2v) is 4.87. The van der Waals surface area contributed by atoms with Gasteiger partial charge in [-0.1, -0.05) is 36.4 Å². The van der Waals surface area contributed by atoms with Crippen molar-refractivity contribution < 1.29 is 4.79 Å². The molecule has 3 heteroatoms. The minimum Gasteiger partial charge on any atom is -0.350 e. The van der Waals surface area contributed by atoms with Gasteiger partial charge in [-0.15, -0.1) is 0 Å². The Hall–Kier alpha value is -2.55. The monoisotopic (exact) mass is 264 g/mol. The average Bonchev–Trinajstić information content (AvgIpc) is 2.84. The van der Waals surface area contributed by atoms with E-state index in [1.54, 1.807) is 11.9 Å². The van der Waals surface area contributed by atoms with Crippen LogP contribution in [0.4, 0.5) is 5.69 Å². The quantitative estimate of drug-likeness (QED) is 0.696. The summed E-state index contributed by atoms with van der Waals surface area (Å²) in [5.41, 5.74) is 2.69. The van der Waals surface area contributed by atoms with E-state index < -0.39 is 0 Å². The minimum atomic E-state index is 0.00741. The lowest BCUT2D eigenvalue weighted by atomic mass is 10.1. The molecule has 0 aliphatic carbocycles. The van der Waals surface area contributed by atoms with Gasteiger partial charge in [-0.25, -0.2) is 0 Å². The number of hydrogen-bond acceptors (Lipinski definition) is 1. The predicted octanol–water partition coefficient (Wildman–Crippen LogP) is 3.45. The zero-order valence-electron chi connectivity index (χ0n) is 11.6. The van der Waals surface area contributed by atoms with E-state index in [0.717, 1.165) is 22.2 Å². The number of rotatable bonds is 2. The summed E-state index contributed by atoms with van der Waals surface area (Å²) in [4.78, 5) is 14.4. The number of hydrogen-bond donors (Lipinski definition) is 0. The van der Waals surface area contributed by atoms with Crippen molar-refractivity contribution in [3.05, 3.63) is 66.4 Å². The van der Waals surface area contributed by atoms with Gasteiger partial charge in [0.15, 0.2) is 0 Å². The Morgan fingerprint density at radius 2 is 1.65 bits per heavy atom. The Labute approximate surface area is 118 Å². The maximum absolute atomic E-state index is 12.7. The number of nitrogens with zero attached hydrogens (tertiary/aromatic N) is 2. The van der Waals surface area contributed by atoms with Gasteiger partial charge in [0.2, 0.25) is 0 Å². The third-order valence-corrected chi connectivity index (χ3v) is 3.58. The number of fused-ring (bicyclic) bond motifs is 1. The summed E-state index contributed by atoms with van der Waals surface area (Å²) < 4.78 is 1.99. The van der Waals surface area contributed by atoms with Crippen LogP contribution in [0, 0.1) is 0 Å². The van der Waals surface area contributed by atoms with E-state index in [2.05, 4.69) is 0 Å². The molecule has 1 heterocycles. The molecule has 0 saturated heterocycles. The molecule has 0 atom stereocenters. The lowest BCUT2D eigenvalue weighted by molar-refractivity contribution is 0.0994. The zero-order valence-corrected chi connectivity index (χ0v) is 11.6. The number of carbonyl (C=O) groups is 1. The van der Waals surface area contributed by atoms with Crippen molar-refractivity contribution in [2.75, 3.05) is 11.9 Å². The fourth-order valence-corrected chi connectivity index (χ4v) is 2.46. The Morgan fingerprint density at radius 1 is 1.00 bits per heavy atom. The first kappa shape index (κ1) is 12.5. The summed E-state index contributed by atoms with van der Waals surface area (Å²) in [6, 6.07) is 17.6. The zero-order chi connectivity index (χ0) is 14.1. The second-order valence-electron chi connectivity index (χ2n) is 4.87. The van der Waals surface area contributed by atoms with Gasteiger partial charge in [-0.2, -0.15) is 0 Å². The highest BCUT2D eigenvalue weighted by Gasteiger charge is 2.18. The number of aromatic nitrogens is 1. The van der Waals surface area contributed by atoms with E-state index >= 15 is 0 Å². The maximum atomic E-state index is 12.7. The molecule has 0 aliphatic heterocycles. The van der Waals surface area contributed by atoms with Gasteiger partial charge in [0.05, 0.1) is 5.56 Å². The van der Waals surface area contributed by atoms with Crippen molar-refractivity contribution in [1.29, 1.82) is 0 Å². The first-order chi connectivity index (χ1) is 9.68. The van der Waals surface area contributed by atoms with E-state index in [0.29, 0.717) is 0 Å². The summed E-state index contributed by atoms with van der Waals surface area (Å²) in [6.07, 6.45) is 1.90. The van der Waals surface area contributed by atoms with E-state index in [9.17, 15) is 4.79 Å². The number of anilines is 1. The number of benzene rings is 2. The van der Waals surface area contributed by atoms with E-state index in [1.165, 1.54) is 0 Å². The molecule has 0 spiro atoms. The van der Waals surface area contributed by atoms with Crippen LogP contribution in [-0.4, -0.2) is 17.5 Å². The van der Waals surface area contributed by atoms with Crippen molar-refractivity contribution in [2.24, 2.45) is 7.05 Å². The van der Waals surface area contributed by atoms with Crippen LogP contribution >= 0.6 is 0 Å². The summed E-state index contributed by atoms with van der Waals surface area (Å²) in [5.74, 6) is 0.00741. The highest BCUT2D eigenvalue weighted by atomic mass is 16.2. The van der Waals surface area contributed by atoms with Gasteiger partial charge >= 0.3 is 0 Å². The molecule has 100 valence electrons. The van der Waals surface area contributed by atoms with Gasteiger partial charge in [-0.3, -0.25) is 4.79 Å². The largest absolute Gasteiger partial charge is 0.350 e. The summed E-state index contributed by atoms with van der Waals surface area (Å²) >= 11 is 0. The van der Waals surface area contributed by atoms with Crippen molar-refractivity contribution in [3.8, 4) is 0 Å². The molecule has 3 nitrogen and oxygen atoms in total. The highest BCUT2D eigenvalue weighted by molar-refractivity contribution is 6.13. The second kappa shape index (κ2) is 4.85. The number of para-hydroxylation sites is 2. The molecule has 1 aromatic heterocycles. The van der Waals surface area contributed by atoms with Crippen LogP contribution in [0.2, 0.25) is 0 Å². The lowest BCUT2D eigenvalue weighted by Gasteiger charge is -2.16. The fraction of sp³-hybridized carbons (Fsp3) is 0.118. The summed E-state index contributed by atoms with van der Waals surface area (Å²) in [5, 5.41) is 0.989. The number of carbonyl (C=O) groups excluding carboxylic acids is 1. The lowest BCUT2D eigenvalue weighted by Crippen LogP contribution is -2.25. The molecule has 3 rings (SSSR count). The highest BCUT2D eigenvalue weighted by Crippen LogP contribution is 2.23. The molecule has 0 unspecified atom stereocenters. The molecular formula is C17H16N2O. The Kier molecular flexibility index (Phi) is 3.03. The molecule has 2 aromatic carbocycles. The van der Waals surface area contributed by atoms with Crippen LogP contribution < -0.4 is 4.90 Å². The van der Waals surface area contributed by atoms with Crippen LogP contribution in [0.3, 0.4) is 0 Å². The van der Waals surface area contributed by atoms with Crippen LogP contribution in [0.1, 0.15) is 10.4 Å². The molecule has 20 heavy (non-hydrogen) atoms. The third kappa shape index (κ3) is 1.97. The Balaban J connectivity index is 2.05. The van der Waals surface area contributed by atoms with Gasteiger partial charge in [0.1, 0.15) is 0 Å². The predicted molar refractivity (Wildman–Crippen MR) is 82.1 cm³/mol. The van der Waals surface area contributed by atoms with E-state index in [-0.39, 0.29) is 5.91 Å². The summed E-state index contributed by atoms with van der Waals surface area (Å²) in [6.45, 7) is 0. The van der Waals surface area contributed by atoms with Crippen LogP contribution in [-0.2, 0) is 7.05 Å². The Bertz CT molecular complexity index is 759. The normalized spacial score (nSPS) is 10.7. The van der Waals surface area contributed by atoms with Crippen molar-refractivity contribution in [2.45, 2.75) is 0 Å². The average molecular weight is 264 g/mol. The molecule has 1 amide bonds. The molecule has 0 radical (unpaired) electrons. The fourth-order valence-electron chi connectivity index (χ4n) is 2.46. The molecule has 0 aliphatic rings. The van der Waals surface area contributed by atoms with Crippen molar-refractivity contribution in [3.63, 3.8) is 0 Å². The minimum absolute atomic E-state index is 0.00741. The smallest absolute Gasteiger partial charge is 0.260 e. The van der Waals surface area contributed by atoms with E-state index in [1.807, 2.05) is 72.4 Å². The standard InChI is InChI=1S/C17H16N2O/c1-18-12-15(14-10-6-7-11-16(14)18)17(20)19(2)13-8-4-3-5-9-13/h3-12H,1-2H3. The van der Waals surface area contributed by atoms with E-state index in [4.69, 9.17) is 0 Å². The van der Waals surface area contributed by atoms with Crippen molar-refractivity contribution >= 4 is 22.5 Å². The summed E-state index contributed by atoms with van der Waals surface area (Å²) in [7, 11) is 3.76. The first-order valence-corrected chi connectivity index (χ1v) is 6.55. The molecule has 0 bridgehead atoms. The van der Waals surface area contributed by atoms with Crippen LogP contribution in [0.5, 0.6) is 0 Å². The third-order valence-electron chi connectivity index (χ3n) is 3.58. The van der Waals surface area contributed by atoms with Gasteiger partial charge in [0, 0.05) is 36.9 Å². The molecule has 0 N–H and O–H groups in total. The van der Waals surface area contributed by atoms with Crippen LogP contribution in [0.15, 0.2) is 60.8 Å². The number of amides is 1. The topological polar surface area (TPSA) is 25.2 Å². The Morgan fingerprint density at radius 3 is 2.40 bits per heavy atom. The first-order valence-electron chi connectivity index (χ1n) is 6.55. The molecular weight excluding hydrogens is 248 g/mol. The molecule has 0 fully saturated rings. The maximum Gasteiger partial charge on any atom is 0.260 e.